The molecular weight excluding hydrogens is 266 g/mol. The number of aromatic nitrogens is 2. The molecule has 0 atom stereocenters. The molecule has 0 bridgehead atoms. The van der Waals surface area contributed by atoms with Gasteiger partial charge in [-0.05, 0) is 19.1 Å². The van der Waals surface area contributed by atoms with Gasteiger partial charge in [0.1, 0.15) is 17.3 Å². The first kappa shape index (κ1) is 12.9. The van der Waals surface area contributed by atoms with E-state index in [1.54, 1.807) is 12.1 Å². The predicted octanol–water partition coefficient (Wildman–Crippen LogP) is 2.42. The van der Waals surface area contributed by atoms with E-state index in [2.05, 4.69) is 15.3 Å². The van der Waals surface area contributed by atoms with Crippen molar-refractivity contribution >= 4 is 22.8 Å². The molecular formula is C11H9N5O2S. The van der Waals surface area contributed by atoms with Gasteiger partial charge >= 0.3 is 5.69 Å². The van der Waals surface area contributed by atoms with Crippen LogP contribution in [0, 0.1) is 21.4 Å². The largest absolute Gasteiger partial charge is 0.364 e. The van der Waals surface area contributed by atoms with Crippen molar-refractivity contribution in [2.45, 2.75) is 6.92 Å². The third-order valence-electron chi connectivity index (χ3n) is 2.30. The van der Waals surface area contributed by atoms with Crippen LogP contribution in [0.3, 0.4) is 0 Å². The van der Waals surface area contributed by atoms with E-state index in [4.69, 9.17) is 5.26 Å². The highest BCUT2D eigenvalue weighted by Crippen LogP contribution is 2.36. The van der Waals surface area contributed by atoms with E-state index < -0.39 is 4.92 Å². The molecule has 0 unspecified atom stereocenters. The molecule has 0 aliphatic carbocycles. The summed E-state index contributed by atoms with van der Waals surface area (Å²) in [5.41, 5.74) is 0.0538. The van der Waals surface area contributed by atoms with Crippen LogP contribution in [0.2, 0.25) is 0 Å². The summed E-state index contributed by atoms with van der Waals surface area (Å²) in [4.78, 5) is 19.6. The number of nitriles is 1. The van der Waals surface area contributed by atoms with Gasteiger partial charge in [-0.15, -0.1) is 11.3 Å². The Bertz CT molecular complexity index is 661. The number of hydrogen-bond acceptors (Lipinski definition) is 7. The van der Waals surface area contributed by atoms with Crippen LogP contribution >= 0.6 is 11.3 Å². The van der Waals surface area contributed by atoms with Crippen molar-refractivity contribution in [1.29, 1.82) is 5.26 Å². The molecule has 7 nitrogen and oxygen atoms in total. The second kappa shape index (κ2) is 5.41. The molecule has 2 rings (SSSR count). The Kier molecular flexibility index (Phi) is 3.68. The minimum absolute atomic E-state index is 0.171. The summed E-state index contributed by atoms with van der Waals surface area (Å²) in [6.07, 6.45) is 1.27. The van der Waals surface area contributed by atoms with Crippen LogP contribution in [-0.2, 0) is 0 Å². The van der Waals surface area contributed by atoms with Crippen LogP contribution in [0.4, 0.5) is 11.5 Å². The molecule has 0 amide bonds. The summed E-state index contributed by atoms with van der Waals surface area (Å²) in [5, 5.41) is 22.8. The van der Waals surface area contributed by atoms with Crippen LogP contribution < -0.4 is 5.32 Å². The number of nitro groups is 1. The molecule has 0 saturated carbocycles. The number of nitrogens with one attached hydrogen (secondary N) is 1. The van der Waals surface area contributed by atoms with Crippen LogP contribution in [-0.4, -0.2) is 21.4 Å². The molecule has 0 fully saturated rings. The zero-order valence-corrected chi connectivity index (χ0v) is 10.8. The van der Waals surface area contributed by atoms with Crippen LogP contribution in [0.1, 0.15) is 11.8 Å². The normalized spacial score (nSPS) is 9.89. The van der Waals surface area contributed by atoms with Gasteiger partial charge in [0, 0.05) is 6.54 Å². The van der Waals surface area contributed by atoms with Gasteiger partial charge in [0.05, 0.1) is 9.80 Å². The van der Waals surface area contributed by atoms with E-state index >= 15 is 0 Å². The minimum atomic E-state index is -0.515. The first-order valence-electron chi connectivity index (χ1n) is 5.41. The molecule has 2 aromatic rings. The average molecular weight is 275 g/mol. The van der Waals surface area contributed by atoms with Gasteiger partial charge in [-0.1, -0.05) is 0 Å². The Morgan fingerprint density at radius 1 is 1.53 bits per heavy atom. The van der Waals surface area contributed by atoms with Gasteiger partial charge in [-0.2, -0.15) is 5.26 Å². The second-order valence-corrected chi connectivity index (χ2v) is 4.57. The van der Waals surface area contributed by atoms with Gasteiger partial charge in [0.2, 0.25) is 5.82 Å². The maximum Gasteiger partial charge on any atom is 0.338 e. The first-order chi connectivity index (χ1) is 9.17. The number of rotatable bonds is 4. The number of thiophene rings is 1. The SMILES string of the molecule is CCNc1ncnc(-c2ccc(C#N)s2)c1[N+](=O)[O-]. The molecule has 2 heterocycles. The van der Waals surface area contributed by atoms with Crippen molar-refractivity contribution in [3.63, 3.8) is 0 Å². The van der Waals surface area contributed by atoms with Gasteiger partial charge in [-0.25, -0.2) is 9.97 Å². The van der Waals surface area contributed by atoms with Crippen LogP contribution in [0.5, 0.6) is 0 Å². The molecule has 96 valence electrons. The van der Waals surface area contributed by atoms with E-state index in [0.29, 0.717) is 16.3 Å². The van der Waals surface area contributed by atoms with Crippen molar-refractivity contribution in [3.05, 3.63) is 33.5 Å². The summed E-state index contributed by atoms with van der Waals surface area (Å²) < 4.78 is 0. The highest BCUT2D eigenvalue weighted by molar-refractivity contribution is 7.16. The van der Waals surface area contributed by atoms with Crippen LogP contribution in [0.25, 0.3) is 10.6 Å². The molecule has 8 heteroatoms. The number of anilines is 1. The Labute approximate surface area is 112 Å². The van der Waals surface area contributed by atoms with Crippen molar-refractivity contribution in [2.24, 2.45) is 0 Å². The van der Waals surface area contributed by atoms with Crippen molar-refractivity contribution in [1.82, 2.24) is 9.97 Å². The molecule has 0 aliphatic heterocycles. The Morgan fingerprint density at radius 2 is 2.32 bits per heavy atom. The number of nitrogens with zero attached hydrogens (tertiary/aromatic N) is 4. The zero-order valence-electron chi connectivity index (χ0n) is 9.95. The van der Waals surface area contributed by atoms with E-state index in [-0.39, 0.29) is 17.2 Å². The quantitative estimate of drug-likeness (QED) is 0.678. The van der Waals surface area contributed by atoms with E-state index in [0.717, 1.165) is 11.3 Å². The van der Waals surface area contributed by atoms with Gasteiger partial charge in [0.15, 0.2) is 5.69 Å². The molecule has 0 spiro atoms. The van der Waals surface area contributed by atoms with Crippen molar-refractivity contribution in [3.8, 4) is 16.6 Å². The smallest absolute Gasteiger partial charge is 0.338 e. The third kappa shape index (κ3) is 2.51. The summed E-state index contributed by atoms with van der Waals surface area (Å²) in [6.45, 7) is 2.34. The van der Waals surface area contributed by atoms with E-state index in [9.17, 15) is 10.1 Å². The summed E-state index contributed by atoms with van der Waals surface area (Å²) in [5.74, 6) is 0.185. The van der Waals surface area contributed by atoms with Gasteiger partial charge in [-0.3, -0.25) is 10.1 Å². The Balaban J connectivity index is 2.59. The molecule has 0 radical (unpaired) electrons. The third-order valence-corrected chi connectivity index (χ3v) is 3.30. The monoisotopic (exact) mass is 275 g/mol. The molecule has 19 heavy (non-hydrogen) atoms. The first-order valence-corrected chi connectivity index (χ1v) is 6.22. The maximum absolute atomic E-state index is 11.2. The lowest BCUT2D eigenvalue weighted by Crippen LogP contribution is -2.05. The highest BCUT2D eigenvalue weighted by atomic mass is 32.1. The van der Waals surface area contributed by atoms with Crippen molar-refractivity contribution < 1.29 is 4.92 Å². The second-order valence-electron chi connectivity index (χ2n) is 3.48. The molecule has 0 aliphatic rings. The highest BCUT2D eigenvalue weighted by Gasteiger charge is 2.24. The van der Waals surface area contributed by atoms with E-state index in [1.807, 2.05) is 13.0 Å². The molecule has 0 saturated heterocycles. The van der Waals surface area contributed by atoms with Crippen molar-refractivity contribution in [2.75, 3.05) is 11.9 Å². The fourth-order valence-corrected chi connectivity index (χ4v) is 2.35. The maximum atomic E-state index is 11.2. The Hall–Kier alpha value is -2.53. The molecule has 1 N–H and O–H groups in total. The predicted molar refractivity (Wildman–Crippen MR) is 70.9 cm³/mol. The van der Waals surface area contributed by atoms with E-state index in [1.165, 1.54) is 6.33 Å². The lowest BCUT2D eigenvalue weighted by atomic mass is 10.2. The standard InChI is InChI=1S/C11H9N5O2S/c1-2-13-11-10(16(17)18)9(14-6-15-11)8-4-3-7(5-12)19-8/h3-4,6H,2H2,1H3,(H,13,14,15). The summed E-state index contributed by atoms with van der Waals surface area (Å²) >= 11 is 1.16. The lowest BCUT2D eigenvalue weighted by Gasteiger charge is -2.05. The van der Waals surface area contributed by atoms with Crippen LogP contribution in [0.15, 0.2) is 18.5 Å². The number of hydrogen-bond donors (Lipinski definition) is 1. The van der Waals surface area contributed by atoms with Gasteiger partial charge < -0.3 is 5.32 Å². The fraction of sp³-hybridized carbons (Fsp3) is 0.182. The average Bonchev–Trinajstić information content (AvgIpc) is 2.87. The fourth-order valence-electron chi connectivity index (χ4n) is 1.55. The topological polar surface area (TPSA) is 105 Å². The Morgan fingerprint density at radius 3 is 2.89 bits per heavy atom. The van der Waals surface area contributed by atoms with Gasteiger partial charge in [0.25, 0.3) is 0 Å². The molecule has 0 aromatic carbocycles. The zero-order chi connectivity index (χ0) is 13.8. The summed E-state index contributed by atoms with van der Waals surface area (Å²) in [6, 6.07) is 5.25. The molecule has 2 aromatic heterocycles. The summed E-state index contributed by atoms with van der Waals surface area (Å²) in [7, 11) is 0. The lowest BCUT2D eigenvalue weighted by molar-refractivity contribution is -0.383. The minimum Gasteiger partial charge on any atom is -0.364 e.